The largest absolute Gasteiger partial charge is 0.457 e. The van der Waals surface area contributed by atoms with E-state index < -0.39 is 92.0 Å². The molecular weight excluding hydrogens is 550 g/mol. The molecule has 0 bridgehead atoms. The summed E-state index contributed by atoms with van der Waals surface area (Å²) in [4.78, 5) is 24.7. The molecule has 13 heteroatoms. The molecular formula is C26H8F10O3. The molecule has 0 saturated carbocycles. The summed E-state index contributed by atoms with van der Waals surface area (Å²) < 4.78 is 141. The first kappa shape index (κ1) is 27.4. The van der Waals surface area contributed by atoms with Crippen LogP contribution in [0.3, 0.4) is 0 Å². The number of carbonyl (C=O) groups excluding carboxylic acids is 2. The van der Waals surface area contributed by atoms with E-state index >= 15 is 0 Å². The topological polar surface area (TPSA) is 43.4 Å². The fourth-order valence-electron chi connectivity index (χ4n) is 3.38. The van der Waals surface area contributed by atoms with Gasteiger partial charge < -0.3 is 4.74 Å². The van der Waals surface area contributed by atoms with Crippen molar-refractivity contribution >= 4 is 11.6 Å². The average Bonchev–Trinajstić information content (AvgIpc) is 2.93. The summed E-state index contributed by atoms with van der Waals surface area (Å²) in [7, 11) is 0. The first-order valence-electron chi connectivity index (χ1n) is 10.3. The van der Waals surface area contributed by atoms with Gasteiger partial charge in [0.1, 0.15) is 22.6 Å². The van der Waals surface area contributed by atoms with Gasteiger partial charge in [0.25, 0.3) is 0 Å². The van der Waals surface area contributed by atoms with Gasteiger partial charge in [-0.25, -0.2) is 43.9 Å². The maximum absolute atomic E-state index is 13.9. The van der Waals surface area contributed by atoms with Crippen molar-refractivity contribution in [2.24, 2.45) is 0 Å². The van der Waals surface area contributed by atoms with Gasteiger partial charge in [-0.2, -0.15) is 0 Å². The monoisotopic (exact) mass is 558 g/mol. The normalized spacial score (nSPS) is 11.0. The van der Waals surface area contributed by atoms with Crippen LogP contribution in [0.25, 0.3) is 0 Å². The molecule has 39 heavy (non-hydrogen) atoms. The Hall–Kier alpha value is -4.68. The molecule has 0 saturated heterocycles. The van der Waals surface area contributed by atoms with Crippen LogP contribution < -0.4 is 4.74 Å². The van der Waals surface area contributed by atoms with Gasteiger partial charge in [0.2, 0.25) is 11.6 Å². The van der Waals surface area contributed by atoms with Gasteiger partial charge in [-0.1, -0.05) is 0 Å². The summed E-state index contributed by atoms with van der Waals surface area (Å²) in [6, 6.07) is 8.18. The minimum Gasteiger partial charge on any atom is -0.457 e. The third-order valence-electron chi connectivity index (χ3n) is 5.34. The maximum atomic E-state index is 13.9. The van der Waals surface area contributed by atoms with Crippen LogP contribution in [0.15, 0.2) is 48.5 Å². The first-order valence-corrected chi connectivity index (χ1v) is 10.3. The van der Waals surface area contributed by atoms with Crippen molar-refractivity contribution < 1.29 is 58.2 Å². The highest BCUT2D eigenvalue weighted by atomic mass is 19.2. The zero-order chi connectivity index (χ0) is 28.8. The summed E-state index contributed by atoms with van der Waals surface area (Å²) in [6.45, 7) is 0. The number of hydrogen-bond donors (Lipinski definition) is 0. The van der Waals surface area contributed by atoms with Crippen molar-refractivity contribution in [1.82, 2.24) is 0 Å². The smallest absolute Gasteiger partial charge is 0.200 e. The zero-order valence-electron chi connectivity index (χ0n) is 18.6. The Labute approximate surface area is 210 Å². The van der Waals surface area contributed by atoms with Crippen LogP contribution in [0.4, 0.5) is 43.9 Å². The van der Waals surface area contributed by atoms with Crippen LogP contribution >= 0.6 is 0 Å². The van der Waals surface area contributed by atoms with Crippen LogP contribution in [-0.4, -0.2) is 11.6 Å². The number of ketones is 2. The summed E-state index contributed by atoms with van der Waals surface area (Å²) in [6.07, 6.45) is 0. The average molecular weight is 558 g/mol. The highest BCUT2D eigenvalue weighted by Crippen LogP contribution is 2.29. The number of rotatable bonds is 6. The lowest BCUT2D eigenvalue weighted by atomic mass is 10.0. The van der Waals surface area contributed by atoms with Crippen molar-refractivity contribution in [3.05, 3.63) is 129 Å². The lowest BCUT2D eigenvalue weighted by molar-refractivity contribution is 0.101. The first-order chi connectivity index (χ1) is 18.3. The fraction of sp³-hybridized carbons (Fsp3) is 0. The summed E-state index contributed by atoms with van der Waals surface area (Å²) in [5.41, 5.74) is -4.24. The molecule has 0 spiro atoms. The van der Waals surface area contributed by atoms with Gasteiger partial charge in [0, 0.05) is 11.1 Å². The summed E-state index contributed by atoms with van der Waals surface area (Å²) in [5.74, 6) is -26.3. The molecule has 0 atom stereocenters. The lowest BCUT2D eigenvalue weighted by Crippen LogP contribution is -2.13. The molecule has 0 aliphatic carbocycles. The zero-order valence-corrected chi connectivity index (χ0v) is 18.6. The van der Waals surface area contributed by atoms with Crippen molar-refractivity contribution in [2.45, 2.75) is 0 Å². The fourth-order valence-corrected chi connectivity index (χ4v) is 3.38. The van der Waals surface area contributed by atoms with Gasteiger partial charge in [0.15, 0.2) is 58.1 Å². The molecule has 4 aromatic carbocycles. The van der Waals surface area contributed by atoms with E-state index in [0.29, 0.717) is 0 Å². The minimum atomic E-state index is -2.43. The predicted octanol–water partition coefficient (Wildman–Crippen LogP) is 7.33. The summed E-state index contributed by atoms with van der Waals surface area (Å²) >= 11 is 0. The van der Waals surface area contributed by atoms with E-state index in [-0.39, 0.29) is 11.5 Å². The second-order valence-electron chi connectivity index (χ2n) is 7.70. The highest BCUT2D eigenvalue weighted by molar-refractivity contribution is 6.10. The minimum absolute atomic E-state index is 0.0252. The standard InChI is InChI=1S/C26H8F10O3/c27-15-13(16(28)20(32)23(35)19(15)31)25(37)9-1-5-11(6-2-9)39-12-7-3-10(4-8-12)26(38)14-17(29)21(33)24(36)22(34)18(14)30/h1-8H. The number of ether oxygens (including phenoxy) is 1. The third-order valence-corrected chi connectivity index (χ3v) is 5.34. The van der Waals surface area contributed by atoms with E-state index in [9.17, 15) is 53.5 Å². The lowest BCUT2D eigenvalue weighted by Gasteiger charge is -2.10. The quantitative estimate of drug-likeness (QED) is 0.108. The SMILES string of the molecule is O=C(c1ccc(Oc2ccc(C(=O)c3c(F)c(F)c(F)c(F)c3F)cc2)cc1)c1c(F)c(F)c(F)c(F)c1F. The van der Waals surface area contributed by atoms with Gasteiger partial charge >= 0.3 is 0 Å². The number of carbonyl (C=O) groups is 2. The Morgan fingerprint density at radius 3 is 0.872 bits per heavy atom. The molecule has 0 fully saturated rings. The molecule has 0 heterocycles. The van der Waals surface area contributed by atoms with Gasteiger partial charge in [-0.3, -0.25) is 9.59 Å². The second-order valence-corrected chi connectivity index (χ2v) is 7.70. The van der Waals surface area contributed by atoms with Gasteiger partial charge in [0.05, 0.1) is 0 Å². The Kier molecular flexibility index (Phi) is 7.18. The third kappa shape index (κ3) is 4.71. The van der Waals surface area contributed by atoms with Crippen LogP contribution in [0.2, 0.25) is 0 Å². The van der Waals surface area contributed by atoms with Crippen molar-refractivity contribution in [2.75, 3.05) is 0 Å². The predicted molar refractivity (Wildman–Crippen MR) is 112 cm³/mol. The molecule has 0 N–H and O–H groups in total. The van der Waals surface area contributed by atoms with E-state index in [4.69, 9.17) is 4.74 Å². The number of hydrogen-bond acceptors (Lipinski definition) is 3. The molecule has 3 nitrogen and oxygen atoms in total. The molecule has 0 radical (unpaired) electrons. The van der Waals surface area contributed by atoms with Crippen LogP contribution in [0, 0.1) is 58.2 Å². The van der Waals surface area contributed by atoms with Crippen molar-refractivity contribution in [3.8, 4) is 11.5 Å². The van der Waals surface area contributed by atoms with Gasteiger partial charge in [-0.05, 0) is 48.5 Å². The van der Waals surface area contributed by atoms with Gasteiger partial charge in [-0.15, -0.1) is 0 Å². The molecule has 0 aliphatic rings. The van der Waals surface area contributed by atoms with Crippen LogP contribution in [0.1, 0.15) is 31.8 Å². The van der Waals surface area contributed by atoms with E-state index in [2.05, 4.69) is 0 Å². The van der Waals surface area contributed by atoms with Crippen LogP contribution in [-0.2, 0) is 0 Å². The Balaban J connectivity index is 1.54. The molecule has 0 unspecified atom stereocenters. The van der Waals surface area contributed by atoms with Crippen molar-refractivity contribution in [1.29, 1.82) is 0 Å². The highest BCUT2D eigenvalue weighted by Gasteiger charge is 2.31. The Morgan fingerprint density at radius 1 is 0.385 bits per heavy atom. The maximum Gasteiger partial charge on any atom is 0.200 e. The molecule has 0 aliphatic heterocycles. The Morgan fingerprint density at radius 2 is 0.615 bits per heavy atom. The molecule has 0 aromatic heterocycles. The molecule has 4 rings (SSSR count). The number of halogens is 10. The van der Waals surface area contributed by atoms with E-state index in [1.807, 2.05) is 0 Å². The van der Waals surface area contributed by atoms with Crippen LogP contribution in [0.5, 0.6) is 11.5 Å². The Bertz CT molecular complexity index is 1470. The molecule has 200 valence electrons. The summed E-state index contributed by atoms with van der Waals surface area (Å²) in [5, 5.41) is 0. The number of benzene rings is 4. The second kappa shape index (κ2) is 10.2. The van der Waals surface area contributed by atoms with E-state index in [0.717, 1.165) is 48.5 Å². The van der Waals surface area contributed by atoms with E-state index in [1.54, 1.807) is 0 Å². The van der Waals surface area contributed by atoms with Crippen molar-refractivity contribution in [3.63, 3.8) is 0 Å². The molecule has 4 aromatic rings. The van der Waals surface area contributed by atoms with E-state index in [1.165, 1.54) is 0 Å². The molecule has 0 amide bonds.